The van der Waals surface area contributed by atoms with Crippen LogP contribution in [-0.2, 0) is 4.79 Å². The topological polar surface area (TPSA) is 50.4 Å². The van der Waals surface area contributed by atoms with Crippen LogP contribution in [0.4, 0.5) is 0 Å². The minimum atomic E-state index is -0.0290. The second-order valence-electron chi connectivity index (χ2n) is 5.28. The summed E-state index contributed by atoms with van der Waals surface area (Å²) in [7, 11) is 1.67. The van der Waals surface area contributed by atoms with Crippen LogP contribution >= 0.6 is 0 Å². The number of para-hydroxylation sites is 1. The largest absolute Gasteiger partial charge is 0.496 e. The van der Waals surface area contributed by atoms with E-state index in [1.54, 1.807) is 7.11 Å². The van der Waals surface area contributed by atoms with Crippen LogP contribution in [0, 0.1) is 5.92 Å². The molecule has 2 unspecified atom stereocenters. The summed E-state index contributed by atoms with van der Waals surface area (Å²) in [4.78, 5) is 12.2. The molecule has 1 aromatic rings. The Balaban J connectivity index is 2.20. The molecule has 19 heavy (non-hydrogen) atoms. The van der Waals surface area contributed by atoms with Gasteiger partial charge in [-0.25, -0.2) is 0 Å². The van der Waals surface area contributed by atoms with Crippen molar-refractivity contribution in [3.8, 4) is 5.75 Å². The molecule has 1 heterocycles. The number of rotatable bonds is 4. The number of carbonyl (C=O) groups is 1. The zero-order valence-electron chi connectivity index (χ0n) is 11.8. The summed E-state index contributed by atoms with van der Waals surface area (Å²) >= 11 is 0. The van der Waals surface area contributed by atoms with Gasteiger partial charge in [0.05, 0.1) is 13.0 Å². The summed E-state index contributed by atoms with van der Waals surface area (Å²) in [5.41, 5.74) is 1.11. The Bertz CT molecular complexity index is 446. The lowest BCUT2D eigenvalue weighted by Gasteiger charge is -2.21. The molecule has 1 fully saturated rings. The molecule has 2 atom stereocenters. The Hall–Kier alpha value is -1.55. The van der Waals surface area contributed by atoms with E-state index in [0.29, 0.717) is 0 Å². The van der Waals surface area contributed by atoms with Crippen LogP contribution in [0.2, 0.25) is 0 Å². The number of nitrogens with one attached hydrogen (secondary N) is 2. The van der Waals surface area contributed by atoms with Gasteiger partial charge in [0.25, 0.3) is 0 Å². The van der Waals surface area contributed by atoms with Gasteiger partial charge < -0.3 is 15.4 Å². The van der Waals surface area contributed by atoms with Crippen molar-refractivity contribution in [3.63, 3.8) is 0 Å². The first-order valence-electron chi connectivity index (χ1n) is 6.77. The SMILES string of the molecule is COc1ccccc1C1CNCC1C(=O)NC(C)C. The quantitative estimate of drug-likeness (QED) is 0.865. The lowest BCUT2D eigenvalue weighted by Crippen LogP contribution is -2.38. The van der Waals surface area contributed by atoms with E-state index < -0.39 is 0 Å². The summed E-state index contributed by atoms with van der Waals surface area (Å²) in [6.45, 7) is 5.51. The molecule has 0 saturated carbocycles. The van der Waals surface area contributed by atoms with Crippen molar-refractivity contribution in [2.75, 3.05) is 20.2 Å². The third kappa shape index (κ3) is 3.07. The molecule has 1 amide bonds. The summed E-state index contributed by atoms with van der Waals surface area (Å²) in [5, 5.41) is 6.31. The van der Waals surface area contributed by atoms with Crippen LogP contribution in [-0.4, -0.2) is 32.1 Å². The minimum absolute atomic E-state index is 0.0290. The third-order valence-corrected chi connectivity index (χ3v) is 3.52. The zero-order chi connectivity index (χ0) is 13.8. The maximum Gasteiger partial charge on any atom is 0.225 e. The number of amides is 1. The van der Waals surface area contributed by atoms with E-state index in [2.05, 4.69) is 10.6 Å². The molecule has 1 aliphatic heterocycles. The Morgan fingerprint density at radius 1 is 1.37 bits per heavy atom. The van der Waals surface area contributed by atoms with Crippen LogP contribution in [0.3, 0.4) is 0 Å². The van der Waals surface area contributed by atoms with Gasteiger partial charge in [0, 0.05) is 25.0 Å². The highest BCUT2D eigenvalue weighted by Gasteiger charge is 2.35. The molecule has 0 spiro atoms. The summed E-state index contributed by atoms with van der Waals surface area (Å²) < 4.78 is 5.41. The molecule has 104 valence electrons. The highest BCUT2D eigenvalue weighted by Crippen LogP contribution is 2.34. The molecular weight excluding hydrogens is 240 g/mol. The van der Waals surface area contributed by atoms with Gasteiger partial charge >= 0.3 is 0 Å². The summed E-state index contributed by atoms with van der Waals surface area (Å²) in [5.74, 6) is 1.13. The second kappa shape index (κ2) is 6.06. The average molecular weight is 262 g/mol. The van der Waals surface area contributed by atoms with Crippen molar-refractivity contribution < 1.29 is 9.53 Å². The predicted molar refractivity (Wildman–Crippen MR) is 75.4 cm³/mol. The maximum atomic E-state index is 12.2. The van der Waals surface area contributed by atoms with Crippen LogP contribution in [0.5, 0.6) is 5.75 Å². The van der Waals surface area contributed by atoms with Gasteiger partial charge in [-0.15, -0.1) is 0 Å². The Kier molecular flexibility index (Phi) is 4.43. The first-order chi connectivity index (χ1) is 9.13. The molecule has 4 heteroatoms. The van der Waals surface area contributed by atoms with Gasteiger partial charge in [-0.3, -0.25) is 4.79 Å². The van der Waals surface area contributed by atoms with Gasteiger partial charge in [0.1, 0.15) is 5.75 Å². The molecule has 1 aliphatic rings. The molecule has 1 saturated heterocycles. The van der Waals surface area contributed by atoms with E-state index in [9.17, 15) is 4.79 Å². The molecule has 0 aliphatic carbocycles. The summed E-state index contributed by atoms with van der Waals surface area (Å²) in [6.07, 6.45) is 0. The van der Waals surface area contributed by atoms with Crippen molar-refractivity contribution in [2.24, 2.45) is 5.92 Å². The maximum absolute atomic E-state index is 12.2. The van der Waals surface area contributed by atoms with Crippen molar-refractivity contribution >= 4 is 5.91 Å². The lowest BCUT2D eigenvalue weighted by atomic mass is 9.87. The van der Waals surface area contributed by atoms with Crippen molar-refractivity contribution in [1.82, 2.24) is 10.6 Å². The van der Waals surface area contributed by atoms with Gasteiger partial charge in [-0.1, -0.05) is 18.2 Å². The average Bonchev–Trinajstić information content (AvgIpc) is 2.87. The Morgan fingerprint density at radius 2 is 2.11 bits per heavy atom. The second-order valence-corrected chi connectivity index (χ2v) is 5.28. The number of hydrogen-bond donors (Lipinski definition) is 2. The molecule has 0 aromatic heterocycles. The predicted octanol–water partition coefficient (Wildman–Crippen LogP) is 1.52. The van der Waals surface area contributed by atoms with E-state index in [1.165, 1.54) is 0 Å². The molecule has 0 radical (unpaired) electrons. The highest BCUT2D eigenvalue weighted by atomic mass is 16.5. The Morgan fingerprint density at radius 3 is 2.79 bits per heavy atom. The molecular formula is C15H22N2O2. The minimum Gasteiger partial charge on any atom is -0.496 e. The molecule has 1 aromatic carbocycles. The van der Waals surface area contributed by atoms with Gasteiger partial charge in [-0.05, 0) is 25.5 Å². The lowest BCUT2D eigenvalue weighted by molar-refractivity contribution is -0.125. The fourth-order valence-electron chi connectivity index (χ4n) is 2.65. The molecule has 4 nitrogen and oxygen atoms in total. The number of benzene rings is 1. The van der Waals surface area contributed by atoms with Crippen LogP contribution in [0.15, 0.2) is 24.3 Å². The van der Waals surface area contributed by atoms with Gasteiger partial charge in [0.2, 0.25) is 5.91 Å². The summed E-state index contributed by atoms with van der Waals surface area (Å²) in [6, 6.07) is 8.12. The van der Waals surface area contributed by atoms with E-state index in [4.69, 9.17) is 4.74 Å². The van der Waals surface area contributed by atoms with Gasteiger partial charge in [-0.2, -0.15) is 0 Å². The number of ether oxygens (including phenoxy) is 1. The molecule has 2 N–H and O–H groups in total. The van der Waals surface area contributed by atoms with Crippen LogP contribution < -0.4 is 15.4 Å². The number of methoxy groups -OCH3 is 1. The van der Waals surface area contributed by atoms with Crippen molar-refractivity contribution in [1.29, 1.82) is 0 Å². The van der Waals surface area contributed by atoms with Crippen LogP contribution in [0.1, 0.15) is 25.3 Å². The van der Waals surface area contributed by atoms with Gasteiger partial charge in [0.15, 0.2) is 0 Å². The fraction of sp³-hybridized carbons (Fsp3) is 0.533. The van der Waals surface area contributed by atoms with Crippen LogP contribution in [0.25, 0.3) is 0 Å². The number of hydrogen-bond acceptors (Lipinski definition) is 3. The normalized spacial score (nSPS) is 22.5. The standard InChI is InChI=1S/C15H22N2O2/c1-10(2)17-15(18)13-9-16-8-12(13)11-6-4-5-7-14(11)19-3/h4-7,10,12-13,16H,8-9H2,1-3H3,(H,17,18). The van der Waals surface area contributed by atoms with E-state index >= 15 is 0 Å². The molecule has 2 rings (SSSR count). The van der Waals surface area contributed by atoms with Crippen molar-refractivity contribution in [2.45, 2.75) is 25.8 Å². The Labute approximate surface area is 114 Å². The number of carbonyl (C=O) groups excluding carboxylic acids is 1. The van der Waals surface area contributed by atoms with Crippen molar-refractivity contribution in [3.05, 3.63) is 29.8 Å². The fourth-order valence-corrected chi connectivity index (χ4v) is 2.65. The smallest absolute Gasteiger partial charge is 0.225 e. The first-order valence-corrected chi connectivity index (χ1v) is 6.77. The zero-order valence-corrected chi connectivity index (χ0v) is 11.8. The first kappa shape index (κ1) is 13.9. The highest BCUT2D eigenvalue weighted by molar-refractivity contribution is 5.80. The van der Waals surface area contributed by atoms with E-state index in [0.717, 1.165) is 24.4 Å². The van der Waals surface area contributed by atoms with E-state index in [-0.39, 0.29) is 23.8 Å². The third-order valence-electron chi connectivity index (χ3n) is 3.52. The molecule has 0 bridgehead atoms. The monoisotopic (exact) mass is 262 g/mol. The van der Waals surface area contributed by atoms with E-state index in [1.807, 2.05) is 38.1 Å².